The van der Waals surface area contributed by atoms with Crippen molar-refractivity contribution in [1.82, 2.24) is 4.90 Å². The Morgan fingerprint density at radius 2 is 1.50 bits per heavy atom. The number of nitrogens with zero attached hydrogens (tertiary/aromatic N) is 1. The summed E-state index contributed by atoms with van der Waals surface area (Å²) in [5, 5.41) is 0. The molecule has 4 heteroatoms. The largest absolute Gasteiger partial charge is 0.492 e. The smallest absolute Gasteiger partial charge is 0.119 e. The van der Waals surface area contributed by atoms with Crippen LogP contribution in [0.4, 0.5) is 5.69 Å². The van der Waals surface area contributed by atoms with Gasteiger partial charge in [-0.2, -0.15) is 0 Å². The fourth-order valence-corrected chi connectivity index (χ4v) is 2.46. The summed E-state index contributed by atoms with van der Waals surface area (Å²) in [5.41, 5.74) is 8.33. The zero-order valence-corrected chi connectivity index (χ0v) is 13.7. The molecule has 3 rings (SSSR count). The minimum absolute atomic E-state index is 0.691. The highest BCUT2D eigenvalue weighted by Crippen LogP contribution is 2.12. The summed E-state index contributed by atoms with van der Waals surface area (Å²) in [5.74, 6) is 7.15. The average Bonchev–Trinajstić information content (AvgIpc) is 2.63. The number of nitrogens with two attached hydrogens (primary N) is 1. The molecule has 0 unspecified atom stereocenters. The third-order valence-electron chi connectivity index (χ3n) is 3.90. The van der Waals surface area contributed by atoms with Gasteiger partial charge < -0.3 is 15.2 Å². The molecule has 4 nitrogen and oxygen atoms in total. The number of rotatable bonds is 4. The summed E-state index contributed by atoms with van der Waals surface area (Å²) in [4.78, 5) is 2.36. The second kappa shape index (κ2) is 8.39. The van der Waals surface area contributed by atoms with Crippen LogP contribution in [-0.2, 0) is 4.74 Å². The van der Waals surface area contributed by atoms with Gasteiger partial charge in [0.05, 0.1) is 13.2 Å². The van der Waals surface area contributed by atoms with Crippen LogP contribution in [0.1, 0.15) is 11.1 Å². The van der Waals surface area contributed by atoms with Crippen LogP contribution in [0.25, 0.3) is 0 Å². The summed E-state index contributed by atoms with van der Waals surface area (Å²) in [6.07, 6.45) is 0. The third-order valence-corrected chi connectivity index (χ3v) is 3.90. The molecule has 1 heterocycles. The van der Waals surface area contributed by atoms with Crippen molar-refractivity contribution >= 4 is 5.69 Å². The van der Waals surface area contributed by atoms with Gasteiger partial charge in [-0.15, -0.1) is 0 Å². The minimum atomic E-state index is 0.691. The molecule has 2 aromatic rings. The molecule has 0 aromatic heterocycles. The molecule has 0 spiro atoms. The summed E-state index contributed by atoms with van der Waals surface area (Å²) in [6, 6.07) is 15.4. The molecule has 0 amide bonds. The molecule has 0 atom stereocenters. The molecule has 0 aliphatic carbocycles. The van der Waals surface area contributed by atoms with Crippen LogP contribution < -0.4 is 10.5 Å². The Morgan fingerprint density at radius 3 is 2.12 bits per heavy atom. The van der Waals surface area contributed by atoms with E-state index in [0.29, 0.717) is 6.61 Å². The highest BCUT2D eigenvalue weighted by Gasteiger charge is 2.09. The van der Waals surface area contributed by atoms with E-state index in [2.05, 4.69) is 16.7 Å². The van der Waals surface area contributed by atoms with Crippen LogP contribution in [0.5, 0.6) is 5.75 Å². The Morgan fingerprint density at radius 1 is 0.917 bits per heavy atom. The zero-order valence-electron chi connectivity index (χ0n) is 13.7. The van der Waals surface area contributed by atoms with Gasteiger partial charge >= 0.3 is 0 Å². The molecule has 1 aliphatic rings. The van der Waals surface area contributed by atoms with E-state index >= 15 is 0 Å². The maximum Gasteiger partial charge on any atom is 0.119 e. The Bertz CT molecular complexity index is 693. The van der Waals surface area contributed by atoms with Crippen LogP contribution in [0.2, 0.25) is 0 Å². The van der Waals surface area contributed by atoms with Crippen molar-refractivity contribution in [2.24, 2.45) is 0 Å². The van der Waals surface area contributed by atoms with Crippen LogP contribution in [-0.4, -0.2) is 44.4 Å². The molecule has 0 bridgehead atoms. The molecular weight excluding hydrogens is 300 g/mol. The second-order valence-corrected chi connectivity index (χ2v) is 5.70. The van der Waals surface area contributed by atoms with E-state index in [1.54, 1.807) is 0 Å². The number of ether oxygens (including phenoxy) is 2. The predicted octanol–water partition coefficient (Wildman–Crippen LogP) is 2.38. The van der Waals surface area contributed by atoms with E-state index in [1.807, 2.05) is 48.5 Å². The first-order chi connectivity index (χ1) is 11.8. The Balaban J connectivity index is 1.49. The lowest BCUT2D eigenvalue weighted by molar-refractivity contribution is 0.0322. The van der Waals surface area contributed by atoms with Crippen molar-refractivity contribution < 1.29 is 9.47 Å². The van der Waals surface area contributed by atoms with Crippen molar-refractivity contribution in [3.63, 3.8) is 0 Å². The van der Waals surface area contributed by atoms with Crippen LogP contribution in [0, 0.1) is 11.8 Å². The van der Waals surface area contributed by atoms with E-state index in [-0.39, 0.29) is 0 Å². The number of nitrogen functional groups attached to an aromatic ring is 1. The Hall–Kier alpha value is -2.48. The van der Waals surface area contributed by atoms with Crippen molar-refractivity contribution in [2.75, 3.05) is 45.2 Å². The van der Waals surface area contributed by atoms with Gasteiger partial charge in [0.15, 0.2) is 0 Å². The first-order valence-electron chi connectivity index (χ1n) is 8.20. The fourth-order valence-electron chi connectivity index (χ4n) is 2.46. The van der Waals surface area contributed by atoms with Gasteiger partial charge in [-0.25, -0.2) is 0 Å². The normalized spacial score (nSPS) is 14.7. The van der Waals surface area contributed by atoms with E-state index in [0.717, 1.165) is 55.4 Å². The molecule has 1 aliphatic heterocycles. The monoisotopic (exact) mass is 322 g/mol. The minimum Gasteiger partial charge on any atom is -0.492 e. The van der Waals surface area contributed by atoms with Gasteiger partial charge in [-0.3, -0.25) is 4.90 Å². The van der Waals surface area contributed by atoms with Crippen molar-refractivity contribution in [3.05, 3.63) is 59.7 Å². The van der Waals surface area contributed by atoms with Crippen LogP contribution in [0.15, 0.2) is 48.5 Å². The van der Waals surface area contributed by atoms with Gasteiger partial charge in [0.2, 0.25) is 0 Å². The van der Waals surface area contributed by atoms with Gasteiger partial charge in [0, 0.05) is 36.4 Å². The molecule has 2 N–H and O–H groups in total. The number of hydrogen-bond donors (Lipinski definition) is 1. The maximum atomic E-state index is 5.80. The molecule has 24 heavy (non-hydrogen) atoms. The van der Waals surface area contributed by atoms with Gasteiger partial charge in [0.1, 0.15) is 12.4 Å². The number of hydrogen-bond acceptors (Lipinski definition) is 4. The SMILES string of the molecule is Nc1ccc(C#Cc2ccc(OCCN3CCOCC3)cc2)cc1. The van der Waals surface area contributed by atoms with Crippen LogP contribution in [0.3, 0.4) is 0 Å². The molecule has 1 saturated heterocycles. The van der Waals surface area contributed by atoms with Gasteiger partial charge in [0.25, 0.3) is 0 Å². The summed E-state index contributed by atoms with van der Waals surface area (Å²) in [7, 11) is 0. The first-order valence-corrected chi connectivity index (χ1v) is 8.20. The molecule has 124 valence electrons. The standard InChI is InChI=1S/C20H22N2O2/c21-19-7-3-17(4-8-19)1-2-18-5-9-20(10-6-18)24-16-13-22-11-14-23-15-12-22/h3-10H,11-16,21H2. The number of anilines is 1. The number of morpholine rings is 1. The molecule has 0 radical (unpaired) electrons. The predicted molar refractivity (Wildman–Crippen MR) is 96.0 cm³/mol. The lowest BCUT2D eigenvalue weighted by atomic mass is 10.1. The van der Waals surface area contributed by atoms with E-state index in [9.17, 15) is 0 Å². The van der Waals surface area contributed by atoms with Crippen molar-refractivity contribution in [1.29, 1.82) is 0 Å². The topological polar surface area (TPSA) is 47.7 Å². The molecule has 1 fully saturated rings. The summed E-state index contributed by atoms with van der Waals surface area (Å²) >= 11 is 0. The van der Waals surface area contributed by atoms with Crippen molar-refractivity contribution in [3.8, 4) is 17.6 Å². The summed E-state index contributed by atoms with van der Waals surface area (Å²) < 4.78 is 11.1. The van der Waals surface area contributed by atoms with E-state index in [4.69, 9.17) is 15.2 Å². The van der Waals surface area contributed by atoms with Gasteiger partial charge in [-0.1, -0.05) is 11.8 Å². The lowest BCUT2D eigenvalue weighted by Gasteiger charge is -2.26. The van der Waals surface area contributed by atoms with E-state index < -0.39 is 0 Å². The molecular formula is C20H22N2O2. The molecule has 2 aromatic carbocycles. The highest BCUT2D eigenvalue weighted by molar-refractivity contribution is 5.48. The maximum absolute atomic E-state index is 5.80. The van der Waals surface area contributed by atoms with Gasteiger partial charge in [-0.05, 0) is 48.5 Å². The average molecular weight is 322 g/mol. The third kappa shape index (κ3) is 5.02. The number of benzene rings is 2. The van der Waals surface area contributed by atoms with Crippen molar-refractivity contribution in [2.45, 2.75) is 0 Å². The Labute approximate surface area is 143 Å². The Kier molecular flexibility index (Phi) is 5.73. The highest BCUT2D eigenvalue weighted by atomic mass is 16.5. The molecule has 0 saturated carbocycles. The second-order valence-electron chi connectivity index (χ2n) is 5.70. The zero-order chi connectivity index (χ0) is 16.6. The van der Waals surface area contributed by atoms with Crippen LogP contribution >= 0.6 is 0 Å². The lowest BCUT2D eigenvalue weighted by Crippen LogP contribution is -2.38. The van der Waals surface area contributed by atoms with E-state index in [1.165, 1.54) is 0 Å². The fraction of sp³-hybridized carbons (Fsp3) is 0.300. The summed E-state index contributed by atoms with van der Waals surface area (Å²) in [6.45, 7) is 5.24. The first kappa shape index (κ1) is 16.4. The quantitative estimate of drug-likeness (QED) is 0.693.